The van der Waals surface area contributed by atoms with Crippen LogP contribution in [0.25, 0.3) is 0 Å². The van der Waals surface area contributed by atoms with Crippen molar-refractivity contribution in [3.63, 3.8) is 0 Å². The van der Waals surface area contributed by atoms with Crippen molar-refractivity contribution >= 4 is 17.6 Å². The van der Waals surface area contributed by atoms with Gasteiger partial charge in [0, 0.05) is 12.7 Å². The summed E-state index contributed by atoms with van der Waals surface area (Å²) in [6.07, 6.45) is 1.16. The maximum atomic E-state index is 12.0. The van der Waals surface area contributed by atoms with E-state index in [2.05, 4.69) is 10.4 Å². The van der Waals surface area contributed by atoms with Crippen LogP contribution in [0.3, 0.4) is 0 Å². The first-order chi connectivity index (χ1) is 8.59. The maximum absolute atomic E-state index is 12.0. The number of aromatic carboxylic acids is 1. The van der Waals surface area contributed by atoms with Gasteiger partial charge in [0.15, 0.2) is 0 Å². The first kappa shape index (κ1) is 11.8. The highest BCUT2D eigenvalue weighted by molar-refractivity contribution is 6.09. The third-order valence-corrected chi connectivity index (χ3v) is 2.42. The second-order valence-electron chi connectivity index (χ2n) is 3.66. The van der Waals surface area contributed by atoms with Crippen molar-refractivity contribution < 1.29 is 14.7 Å². The molecule has 1 amide bonds. The van der Waals surface area contributed by atoms with E-state index in [1.54, 1.807) is 24.3 Å². The van der Waals surface area contributed by atoms with Gasteiger partial charge in [-0.05, 0) is 12.1 Å². The van der Waals surface area contributed by atoms with E-state index >= 15 is 0 Å². The van der Waals surface area contributed by atoms with E-state index in [0.29, 0.717) is 5.69 Å². The van der Waals surface area contributed by atoms with Crippen molar-refractivity contribution in [3.8, 4) is 0 Å². The molecule has 2 N–H and O–H groups in total. The van der Waals surface area contributed by atoms with Crippen molar-refractivity contribution in [2.45, 2.75) is 0 Å². The minimum absolute atomic E-state index is 0.0198. The Balaban J connectivity index is 2.29. The Kier molecular flexibility index (Phi) is 3.09. The number of carbonyl (C=O) groups is 2. The topological polar surface area (TPSA) is 84.2 Å². The fraction of sp³-hybridized carbons (Fsp3) is 0.0833. The van der Waals surface area contributed by atoms with Crippen LogP contribution in [-0.4, -0.2) is 26.8 Å². The summed E-state index contributed by atoms with van der Waals surface area (Å²) < 4.78 is 1.24. The number of nitrogens with zero attached hydrogens (tertiary/aromatic N) is 2. The van der Waals surface area contributed by atoms with Gasteiger partial charge in [0.1, 0.15) is 11.3 Å². The van der Waals surface area contributed by atoms with E-state index < -0.39 is 11.9 Å². The number of nitrogens with one attached hydrogen (secondary N) is 1. The zero-order valence-corrected chi connectivity index (χ0v) is 9.62. The molecule has 0 aliphatic carbocycles. The van der Waals surface area contributed by atoms with Crippen LogP contribution in [0.4, 0.5) is 5.69 Å². The predicted molar refractivity (Wildman–Crippen MR) is 64.6 cm³/mol. The van der Waals surface area contributed by atoms with Crippen LogP contribution in [0.2, 0.25) is 0 Å². The first-order valence-electron chi connectivity index (χ1n) is 5.21. The van der Waals surface area contributed by atoms with Crippen LogP contribution in [0, 0.1) is 0 Å². The van der Waals surface area contributed by atoms with E-state index in [4.69, 9.17) is 5.11 Å². The quantitative estimate of drug-likeness (QED) is 0.855. The number of carboxylic acid groups (broad SMARTS) is 1. The number of amides is 1. The number of carbonyl (C=O) groups excluding carboxylic acids is 1. The lowest BCUT2D eigenvalue weighted by atomic mass is 10.2. The minimum atomic E-state index is -1.18. The number of rotatable bonds is 3. The normalized spacial score (nSPS) is 10.1. The number of carboxylic acids is 1. The van der Waals surface area contributed by atoms with Gasteiger partial charge in [-0.15, -0.1) is 0 Å². The Morgan fingerprint density at radius 1 is 1.28 bits per heavy atom. The Hall–Kier alpha value is -2.63. The van der Waals surface area contributed by atoms with Crippen LogP contribution < -0.4 is 5.32 Å². The molecule has 0 atom stereocenters. The van der Waals surface area contributed by atoms with Gasteiger partial charge < -0.3 is 10.4 Å². The summed E-state index contributed by atoms with van der Waals surface area (Å²) in [6.45, 7) is 0. The largest absolute Gasteiger partial charge is 0.478 e. The summed E-state index contributed by atoms with van der Waals surface area (Å²) in [5.74, 6) is -1.68. The van der Waals surface area contributed by atoms with Gasteiger partial charge in [0.25, 0.3) is 5.91 Å². The zero-order valence-electron chi connectivity index (χ0n) is 9.62. The molecule has 0 aliphatic heterocycles. The molecule has 2 rings (SSSR count). The lowest BCUT2D eigenvalue weighted by Crippen LogP contribution is -2.19. The number of hydrogen-bond donors (Lipinski definition) is 2. The van der Waals surface area contributed by atoms with Crippen LogP contribution in [0.5, 0.6) is 0 Å². The van der Waals surface area contributed by atoms with Crippen LogP contribution in [0.15, 0.2) is 36.5 Å². The molecule has 0 radical (unpaired) electrons. The van der Waals surface area contributed by atoms with E-state index in [9.17, 15) is 9.59 Å². The molecule has 6 heteroatoms. The number of aromatic nitrogens is 2. The fourth-order valence-electron chi connectivity index (χ4n) is 1.58. The van der Waals surface area contributed by atoms with Crippen LogP contribution in [-0.2, 0) is 7.05 Å². The smallest absolute Gasteiger partial charge is 0.339 e. The average Bonchev–Trinajstić information content (AvgIpc) is 2.72. The summed E-state index contributed by atoms with van der Waals surface area (Å²) in [6, 6.07) is 8.81. The number of para-hydroxylation sites is 1. The molecule has 0 saturated heterocycles. The molecule has 1 aromatic heterocycles. The van der Waals surface area contributed by atoms with Gasteiger partial charge in [0.05, 0.1) is 6.20 Å². The molecule has 1 aromatic carbocycles. The SMILES string of the molecule is Cn1ncc(C(=O)O)c1C(=O)Nc1ccccc1. The monoisotopic (exact) mass is 245 g/mol. The third kappa shape index (κ3) is 2.22. The molecule has 2 aromatic rings. The van der Waals surface area contributed by atoms with Gasteiger partial charge in [-0.2, -0.15) is 5.10 Å². The fourth-order valence-corrected chi connectivity index (χ4v) is 1.58. The van der Waals surface area contributed by atoms with Crippen molar-refractivity contribution in [2.75, 3.05) is 5.32 Å². The highest BCUT2D eigenvalue weighted by atomic mass is 16.4. The van der Waals surface area contributed by atoms with Crippen molar-refractivity contribution in [1.29, 1.82) is 0 Å². The Morgan fingerprint density at radius 3 is 2.56 bits per heavy atom. The number of benzene rings is 1. The van der Waals surface area contributed by atoms with Crippen molar-refractivity contribution in [1.82, 2.24) is 9.78 Å². The van der Waals surface area contributed by atoms with Gasteiger partial charge in [-0.1, -0.05) is 18.2 Å². The number of aryl methyl sites for hydroxylation is 1. The molecule has 6 nitrogen and oxygen atoms in total. The second kappa shape index (κ2) is 4.70. The lowest BCUT2D eigenvalue weighted by molar-refractivity contribution is 0.0692. The molecular weight excluding hydrogens is 234 g/mol. The Morgan fingerprint density at radius 2 is 1.94 bits per heavy atom. The molecule has 0 saturated carbocycles. The third-order valence-electron chi connectivity index (χ3n) is 2.42. The van der Waals surface area contributed by atoms with E-state index in [-0.39, 0.29) is 11.3 Å². The standard InChI is InChI=1S/C12H11N3O3/c1-15-10(9(7-13-15)12(17)18)11(16)14-8-5-3-2-4-6-8/h2-7H,1H3,(H,14,16)(H,17,18). The highest BCUT2D eigenvalue weighted by Crippen LogP contribution is 2.12. The van der Waals surface area contributed by atoms with Crippen molar-refractivity contribution in [3.05, 3.63) is 47.8 Å². The maximum Gasteiger partial charge on any atom is 0.339 e. The Labute approximate surface area is 103 Å². The highest BCUT2D eigenvalue weighted by Gasteiger charge is 2.21. The predicted octanol–water partition coefficient (Wildman–Crippen LogP) is 1.37. The molecule has 1 heterocycles. The number of anilines is 1. The zero-order chi connectivity index (χ0) is 13.1. The van der Waals surface area contributed by atoms with Crippen LogP contribution in [0.1, 0.15) is 20.8 Å². The van der Waals surface area contributed by atoms with Gasteiger partial charge in [-0.3, -0.25) is 9.48 Å². The summed E-state index contributed by atoms with van der Waals surface area (Å²) in [5, 5.41) is 15.4. The van der Waals surface area contributed by atoms with Crippen molar-refractivity contribution in [2.24, 2.45) is 7.05 Å². The van der Waals surface area contributed by atoms with E-state index in [1.807, 2.05) is 6.07 Å². The molecule has 18 heavy (non-hydrogen) atoms. The second-order valence-corrected chi connectivity index (χ2v) is 3.66. The number of hydrogen-bond acceptors (Lipinski definition) is 3. The Bertz CT molecular complexity index is 590. The summed E-state index contributed by atoms with van der Waals surface area (Å²) >= 11 is 0. The molecule has 0 fully saturated rings. The molecular formula is C12H11N3O3. The molecule has 92 valence electrons. The van der Waals surface area contributed by atoms with E-state index in [0.717, 1.165) is 6.20 Å². The first-order valence-corrected chi connectivity index (χ1v) is 5.21. The molecule has 0 aliphatic rings. The summed E-state index contributed by atoms with van der Waals surface area (Å²) in [5.41, 5.74) is 0.498. The molecule has 0 bridgehead atoms. The van der Waals surface area contributed by atoms with E-state index in [1.165, 1.54) is 11.7 Å². The van der Waals surface area contributed by atoms with Gasteiger partial charge in [-0.25, -0.2) is 4.79 Å². The lowest BCUT2D eigenvalue weighted by Gasteiger charge is -2.06. The summed E-state index contributed by atoms with van der Waals surface area (Å²) in [7, 11) is 1.52. The molecule has 0 unspecified atom stereocenters. The summed E-state index contributed by atoms with van der Waals surface area (Å²) in [4.78, 5) is 22.9. The molecule has 0 spiro atoms. The van der Waals surface area contributed by atoms with Gasteiger partial charge >= 0.3 is 5.97 Å². The average molecular weight is 245 g/mol. The minimum Gasteiger partial charge on any atom is -0.478 e. The van der Waals surface area contributed by atoms with Gasteiger partial charge in [0.2, 0.25) is 0 Å². The van der Waals surface area contributed by atoms with Crippen LogP contribution >= 0.6 is 0 Å².